The van der Waals surface area contributed by atoms with Crippen LogP contribution in [0.1, 0.15) is 18.5 Å². The molecule has 0 unspecified atom stereocenters. The summed E-state index contributed by atoms with van der Waals surface area (Å²) >= 11 is 0. The molecule has 0 saturated carbocycles. The molecule has 1 rings (SSSR count). The van der Waals surface area contributed by atoms with Crippen molar-refractivity contribution in [3.63, 3.8) is 0 Å². The second kappa shape index (κ2) is 5.86. The van der Waals surface area contributed by atoms with Gasteiger partial charge in [0.25, 0.3) is 5.91 Å². The summed E-state index contributed by atoms with van der Waals surface area (Å²) in [6.45, 7) is 11.7. The monoisotopic (exact) mass is 263 g/mol. The normalized spacial score (nSPS) is 12.7. The Kier molecular flexibility index (Phi) is 4.73. The Morgan fingerprint density at radius 1 is 1.28 bits per heavy atom. The maximum atomic E-state index is 11.9. The molecular formula is C14H21NO2Si. The second-order valence-corrected chi connectivity index (χ2v) is 9.67. The first-order valence-electron chi connectivity index (χ1n) is 6.03. The van der Waals surface area contributed by atoms with E-state index in [0.29, 0.717) is 0 Å². The molecule has 18 heavy (non-hydrogen) atoms. The minimum atomic E-state index is -1.77. The van der Waals surface area contributed by atoms with Crippen molar-refractivity contribution in [2.24, 2.45) is 0 Å². The van der Waals surface area contributed by atoms with Gasteiger partial charge in [-0.15, -0.1) is 0 Å². The summed E-state index contributed by atoms with van der Waals surface area (Å²) in [5, 5.41) is 2.88. The summed E-state index contributed by atoms with van der Waals surface area (Å²) in [5.74, 6) is -0.0364. The fourth-order valence-electron chi connectivity index (χ4n) is 1.52. The van der Waals surface area contributed by atoms with Crippen LogP contribution in [0.4, 0.5) is 0 Å². The van der Waals surface area contributed by atoms with Crippen LogP contribution in [0.5, 0.6) is 0 Å². The van der Waals surface area contributed by atoms with Crippen molar-refractivity contribution in [3.05, 3.63) is 48.2 Å². The molecule has 1 aromatic rings. The first kappa shape index (κ1) is 14.5. The smallest absolute Gasteiger partial charge is 0.284 e. The van der Waals surface area contributed by atoms with Gasteiger partial charge >= 0.3 is 0 Å². The van der Waals surface area contributed by atoms with E-state index >= 15 is 0 Å². The Hall–Kier alpha value is -1.55. The van der Waals surface area contributed by atoms with E-state index in [9.17, 15) is 4.79 Å². The van der Waals surface area contributed by atoms with Crippen LogP contribution >= 0.6 is 0 Å². The number of rotatable bonds is 5. The summed E-state index contributed by atoms with van der Waals surface area (Å²) in [4.78, 5) is 11.9. The molecule has 3 nitrogen and oxygen atoms in total. The van der Waals surface area contributed by atoms with Gasteiger partial charge in [-0.05, 0) is 32.1 Å². The molecule has 0 bridgehead atoms. The van der Waals surface area contributed by atoms with Gasteiger partial charge in [-0.25, -0.2) is 0 Å². The van der Waals surface area contributed by atoms with Gasteiger partial charge in [-0.3, -0.25) is 4.79 Å². The highest BCUT2D eigenvalue weighted by atomic mass is 28.4. The third kappa shape index (κ3) is 4.75. The van der Waals surface area contributed by atoms with E-state index < -0.39 is 8.32 Å². The van der Waals surface area contributed by atoms with E-state index in [4.69, 9.17) is 4.43 Å². The highest BCUT2D eigenvalue weighted by Crippen LogP contribution is 2.13. The third-order valence-corrected chi connectivity index (χ3v) is 3.19. The Balaban J connectivity index is 2.58. The molecule has 0 radical (unpaired) electrons. The summed E-state index contributed by atoms with van der Waals surface area (Å²) in [6, 6.07) is 9.75. The van der Waals surface area contributed by atoms with E-state index in [1.54, 1.807) is 0 Å². The largest absolute Gasteiger partial charge is 0.541 e. The standard InChI is InChI=1S/C14H21NO2Si/c1-11(13-9-7-6-8-10-13)15-14(16)12(2)17-18(3,4)5/h6-11H,2H2,1,3-5H3,(H,15,16)/t11-/m0/s1. The lowest BCUT2D eigenvalue weighted by Crippen LogP contribution is -2.33. The van der Waals surface area contributed by atoms with Crippen LogP contribution in [0.3, 0.4) is 0 Å². The molecule has 1 atom stereocenters. The van der Waals surface area contributed by atoms with E-state index in [0.717, 1.165) is 5.56 Å². The number of amides is 1. The van der Waals surface area contributed by atoms with Crippen molar-refractivity contribution >= 4 is 14.2 Å². The molecule has 0 aliphatic heterocycles. The zero-order chi connectivity index (χ0) is 13.8. The van der Waals surface area contributed by atoms with Gasteiger partial charge < -0.3 is 9.74 Å². The molecular weight excluding hydrogens is 242 g/mol. The number of hydrogen-bond donors (Lipinski definition) is 1. The summed E-state index contributed by atoms with van der Waals surface area (Å²) in [7, 11) is -1.77. The molecule has 0 spiro atoms. The molecule has 0 heterocycles. The number of carbonyl (C=O) groups excluding carboxylic acids is 1. The number of nitrogens with one attached hydrogen (secondary N) is 1. The highest BCUT2D eigenvalue weighted by Gasteiger charge is 2.21. The Morgan fingerprint density at radius 3 is 2.33 bits per heavy atom. The third-order valence-electron chi connectivity index (χ3n) is 2.33. The number of hydrogen-bond acceptors (Lipinski definition) is 2. The molecule has 98 valence electrons. The quantitative estimate of drug-likeness (QED) is 0.503. The molecule has 0 fully saturated rings. The second-order valence-electron chi connectivity index (χ2n) is 5.24. The van der Waals surface area contributed by atoms with Crippen LogP contribution in [0.2, 0.25) is 19.6 Å². The molecule has 0 saturated heterocycles. The van der Waals surface area contributed by atoms with Crippen LogP contribution in [0.15, 0.2) is 42.7 Å². The minimum Gasteiger partial charge on any atom is -0.541 e. The number of benzene rings is 1. The van der Waals surface area contributed by atoms with Gasteiger partial charge in [0.1, 0.15) is 0 Å². The van der Waals surface area contributed by atoms with Crippen molar-refractivity contribution in [3.8, 4) is 0 Å². The van der Waals surface area contributed by atoms with Gasteiger partial charge in [-0.1, -0.05) is 36.9 Å². The molecule has 1 aromatic carbocycles. The minimum absolute atomic E-state index is 0.0549. The lowest BCUT2D eigenvalue weighted by Gasteiger charge is -2.22. The van der Waals surface area contributed by atoms with E-state index in [2.05, 4.69) is 11.9 Å². The van der Waals surface area contributed by atoms with Gasteiger partial charge in [0.15, 0.2) is 5.76 Å². The van der Waals surface area contributed by atoms with E-state index in [1.807, 2.05) is 56.9 Å². The first-order valence-corrected chi connectivity index (χ1v) is 9.44. The van der Waals surface area contributed by atoms with Crippen LogP contribution in [0.25, 0.3) is 0 Å². The molecule has 1 amide bonds. The molecule has 0 aliphatic rings. The van der Waals surface area contributed by atoms with E-state index in [1.165, 1.54) is 0 Å². The Bertz CT molecular complexity index is 423. The van der Waals surface area contributed by atoms with Crippen LogP contribution in [-0.4, -0.2) is 14.2 Å². The molecule has 4 heteroatoms. The summed E-state index contributed by atoms with van der Waals surface area (Å²) in [5.41, 5.74) is 1.06. The average molecular weight is 263 g/mol. The predicted octanol–water partition coefficient (Wildman–Crippen LogP) is 3.23. The van der Waals surface area contributed by atoms with Crippen LogP contribution < -0.4 is 5.32 Å². The van der Waals surface area contributed by atoms with Gasteiger partial charge in [-0.2, -0.15) is 0 Å². The predicted molar refractivity (Wildman–Crippen MR) is 76.6 cm³/mol. The van der Waals surface area contributed by atoms with Crippen LogP contribution in [-0.2, 0) is 9.22 Å². The van der Waals surface area contributed by atoms with Crippen molar-refractivity contribution in [1.29, 1.82) is 0 Å². The van der Waals surface area contributed by atoms with Gasteiger partial charge in [0.2, 0.25) is 8.32 Å². The molecule has 1 N–H and O–H groups in total. The number of carbonyl (C=O) groups is 1. The lowest BCUT2D eigenvalue weighted by molar-refractivity contribution is -0.120. The summed E-state index contributed by atoms with van der Waals surface area (Å²) < 4.78 is 5.57. The van der Waals surface area contributed by atoms with E-state index in [-0.39, 0.29) is 17.7 Å². The summed E-state index contributed by atoms with van der Waals surface area (Å²) in [6.07, 6.45) is 0. The molecule has 0 aromatic heterocycles. The highest BCUT2D eigenvalue weighted by molar-refractivity contribution is 6.70. The van der Waals surface area contributed by atoms with Crippen molar-refractivity contribution in [2.75, 3.05) is 0 Å². The first-order chi connectivity index (χ1) is 8.29. The maximum Gasteiger partial charge on any atom is 0.284 e. The van der Waals surface area contributed by atoms with Gasteiger partial charge in [0, 0.05) is 0 Å². The average Bonchev–Trinajstić information content (AvgIpc) is 2.27. The fourth-order valence-corrected chi connectivity index (χ4v) is 2.35. The Labute approximate surface area is 110 Å². The maximum absolute atomic E-state index is 11.9. The van der Waals surface area contributed by atoms with Crippen molar-refractivity contribution in [1.82, 2.24) is 5.32 Å². The zero-order valence-electron chi connectivity index (χ0n) is 11.5. The molecule has 0 aliphatic carbocycles. The van der Waals surface area contributed by atoms with Crippen molar-refractivity contribution < 1.29 is 9.22 Å². The van der Waals surface area contributed by atoms with Gasteiger partial charge in [0.05, 0.1) is 6.04 Å². The zero-order valence-corrected chi connectivity index (χ0v) is 12.5. The van der Waals surface area contributed by atoms with Crippen molar-refractivity contribution in [2.45, 2.75) is 32.6 Å². The SMILES string of the molecule is C=C(O[Si](C)(C)C)C(=O)N[C@@H](C)c1ccccc1. The topological polar surface area (TPSA) is 38.3 Å². The Morgan fingerprint density at radius 2 is 1.83 bits per heavy atom. The lowest BCUT2D eigenvalue weighted by atomic mass is 10.1. The van der Waals surface area contributed by atoms with Crippen LogP contribution in [0, 0.1) is 0 Å². The fraction of sp³-hybridized carbons (Fsp3) is 0.357.